The number of halogens is 1. The van der Waals surface area contributed by atoms with Crippen LogP contribution in [-0.2, 0) is 6.54 Å². The normalized spacial score (nSPS) is 22.0. The van der Waals surface area contributed by atoms with Crippen LogP contribution >= 0.6 is 11.6 Å². The predicted octanol–water partition coefficient (Wildman–Crippen LogP) is 3.10. The zero-order valence-electron chi connectivity index (χ0n) is 12.2. The van der Waals surface area contributed by atoms with Crippen molar-refractivity contribution in [2.24, 2.45) is 11.8 Å². The largest absolute Gasteiger partial charge is 0.310 e. The lowest BCUT2D eigenvalue weighted by Crippen LogP contribution is -2.24. The molecular formula is C16H20ClN3O. The Morgan fingerprint density at radius 1 is 1.43 bits per heavy atom. The third kappa shape index (κ3) is 3.44. The molecule has 0 aliphatic heterocycles. The van der Waals surface area contributed by atoms with E-state index in [0.29, 0.717) is 28.3 Å². The van der Waals surface area contributed by atoms with E-state index in [1.165, 1.54) is 19.3 Å². The highest BCUT2D eigenvalue weighted by Gasteiger charge is 2.20. The highest BCUT2D eigenvalue weighted by atomic mass is 35.5. The summed E-state index contributed by atoms with van der Waals surface area (Å²) in [5, 5.41) is 4.58. The summed E-state index contributed by atoms with van der Waals surface area (Å²) in [4.78, 5) is 19.3. The minimum absolute atomic E-state index is 0.108. The molecule has 2 unspecified atom stereocenters. The van der Waals surface area contributed by atoms with Crippen LogP contribution in [0.25, 0.3) is 10.9 Å². The van der Waals surface area contributed by atoms with Crippen molar-refractivity contribution in [3.8, 4) is 0 Å². The fourth-order valence-electron chi connectivity index (χ4n) is 3.15. The van der Waals surface area contributed by atoms with Crippen LogP contribution < -0.4 is 10.9 Å². The summed E-state index contributed by atoms with van der Waals surface area (Å²) in [6.45, 7) is 3.89. The fourth-order valence-corrected chi connectivity index (χ4v) is 3.32. The van der Waals surface area contributed by atoms with Gasteiger partial charge in [-0.1, -0.05) is 24.9 Å². The summed E-state index contributed by atoms with van der Waals surface area (Å²) < 4.78 is 0. The number of H-pyrrole nitrogens is 1. The predicted molar refractivity (Wildman–Crippen MR) is 85.6 cm³/mol. The van der Waals surface area contributed by atoms with E-state index in [0.717, 1.165) is 18.4 Å². The molecule has 1 fully saturated rings. The lowest BCUT2D eigenvalue weighted by atomic mass is 10.1. The van der Waals surface area contributed by atoms with Gasteiger partial charge in [0, 0.05) is 5.02 Å². The summed E-state index contributed by atoms with van der Waals surface area (Å²) in [5.41, 5.74) is 0.542. The van der Waals surface area contributed by atoms with E-state index < -0.39 is 0 Å². The first-order chi connectivity index (χ1) is 10.1. The van der Waals surface area contributed by atoms with Crippen LogP contribution in [0.4, 0.5) is 0 Å². The monoisotopic (exact) mass is 305 g/mol. The van der Waals surface area contributed by atoms with Gasteiger partial charge in [-0.05, 0) is 49.4 Å². The molecule has 112 valence electrons. The van der Waals surface area contributed by atoms with Crippen LogP contribution in [0.1, 0.15) is 32.0 Å². The van der Waals surface area contributed by atoms with Crippen molar-refractivity contribution in [3.05, 3.63) is 39.4 Å². The number of rotatable bonds is 4. The van der Waals surface area contributed by atoms with Gasteiger partial charge in [0.2, 0.25) is 0 Å². The number of nitrogens with zero attached hydrogens (tertiary/aromatic N) is 1. The fraction of sp³-hybridized carbons (Fsp3) is 0.500. The summed E-state index contributed by atoms with van der Waals surface area (Å²) in [7, 11) is 0. The van der Waals surface area contributed by atoms with E-state index in [9.17, 15) is 4.79 Å². The molecule has 3 rings (SSSR count). The summed E-state index contributed by atoms with van der Waals surface area (Å²) >= 11 is 5.96. The Bertz CT molecular complexity index is 697. The number of nitrogens with one attached hydrogen (secondary N) is 2. The Balaban J connectivity index is 1.68. The maximum atomic E-state index is 12.0. The summed E-state index contributed by atoms with van der Waals surface area (Å²) in [6, 6.07) is 5.15. The first kappa shape index (κ1) is 14.5. The Morgan fingerprint density at radius 2 is 2.29 bits per heavy atom. The molecule has 0 saturated heterocycles. The Morgan fingerprint density at radius 3 is 3.05 bits per heavy atom. The smallest absolute Gasteiger partial charge is 0.258 e. The van der Waals surface area contributed by atoms with Gasteiger partial charge in [0.15, 0.2) is 0 Å². The molecule has 2 aromatic rings. The van der Waals surface area contributed by atoms with Crippen molar-refractivity contribution in [2.75, 3.05) is 6.54 Å². The summed E-state index contributed by atoms with van der Waals surface area (Å²) in [6.07, 6.45) is 3.92. The zero-order valence-corrected chi connectivity index (χ0v) is 12.9. The Hall–Kier alpha value is -1.39. The molecule has 0 spiro atoms. The van der Waals surface area contributed by atoms with Crippen LogP contribution in [0.15, 0.2) is 23.0 Å². The molecule has 0 amide bonds. The van der Waals surface area contributed by atoms with E-state index in [-0.39, 0.29) is 5.56 Å². The molecule has 1 heterocycles. The van der Waals surface area contributed by atoms with E-state index in [1.807, 2.05) is 0 Å². The number of hydrogen-bond donors (Lipinski definition) is 2. The first-order valence-corrected chi connectivity index (χ1v) is 7.89. The molecule has 4 nitrogen and oxygen atoms in total. The molecule has 2 atom stereocenters. The van der Waals surface area contributed by atoms with E-state index >= 15 is 0 Å². The second kappa shape index (κ2) is 6.16. The van der Waals surface area contributed by atoms with Crippen LogP contribution in [0.3, 0.4) is 0 Å². The first-order valence-electron chi connectivity index (χ1n) is 7.51. The van der Waals surface area contributed by atoms with E-state index in [4.69, 9.17) is 11.6 Å². The van der Waals surface area contributed by atoms with Crippen LogP contribution in [-0.4, -0.2) is 16.5 Å². The summed E-state index contributed by atoms with van der Waals surface area (Å²) in [5.74, 6) is 2.26. The van der Waals surface area contributed by atoms with Gasteiger partial charge in [-0.15, -0.1) is 0 Å². The molecule has 1 aromatic carbocycles. The zero-order chi connectivity index (χ0) is 14.8. The molecule has 0 radical (unpaired) electrons. The van der Waals surface area contributed by atoms with Gasteiger partial charge in [0.05, 0.1) is 17.4 Å². The highest BCUT2D eigenvalue weighted by Crippen LogP contribution is 2.29. The minimum atomic E-state index is -0.108. The number of aromatic nitrogens is 2. The second-order valence-electron chi connectivity index (χ2n) is 6.09. The third-order valence-corrected chi connectivity index (χ3v) is 4.48. The molecule has 2 N–H and O–H groups in total. The lowest BCUT2D eigenvalue weighted by molar-refractivity contribution is 0.466. The molecule has 1 aliphatic carbocycles. The second-order valence-corrected chi connectivity index (χ2v) is 6.53. The van der Waals surface area contributed by atoms with Crippen LogP contribution in [0, 0.1) is 11.8 Å². The number of aromatic amines is 1. The van der Waals surface area contributed by atoms with E-state index in [2.05, 4.69) is 22.2 Å². The molecular weight excluding hydrogens is 286 g/mol. The number of fused-ring (bicyclic) bond motifs is 1. The van der Waals surface area contributed by atoms with Crippen molar-refractivity contribution < 1.29 is 0 Å². The van der Waals surface area contributed by atoms with Gasteiger partial charge in [0.1, 0.15) is 5.82 Å². The van der Waals surface area contributed by atoms with Gasteiger partial charge < -0.3 is 10.3 Å². The van der Waals surface area contributed by atoms with Gasteiger partial charge in [-0.3, -0.25) is 4.79 Å². The van der Waals surface area contributed by atoms with Crippen molar-refractivity contribution in [3.63, 3.8) is 0 Å². The standard InChI is InChI=1S/C16H20ClN3O/c1-10-2-3-11(6-10)8-18-9-15-19-14-7-12(17)4-5-13(14)16(21)20-15/h4-5,7,10-11,18H,2-3,6,8-9H2,1H3,(H,19,20,21). The van der Waals surface area contributed by atoms with Gasteiger partial charge in [0.25, 0.3) is 5.56 Å². The van der Waals surface area contributed by atoms with Crippen LogP contribution in [0.5, 0.6) is 0 Å². The van der Waals surface area contributed by atoms with Crippen molar-refractivity contribution in [1.29, 1.82) is 0 Å². The van der Waals surface area contributed by atoms with Crippen molar-refractivity contribution >= 4 is 22.5 Å². The van der Waals surface area contributed by atoms with Gasteiger partial charge >= 0.3 is 0 Å². The number of hydrogen-bond acceptors (Lipinski definition) is 3. The highest BCUT2D eigenvalue weighted by molar-refractivity contribution is 6.31. The van der Waals surface area contributed by atoms with Gasteiger partial charge in [-0.25, -0.2) is 4.98 Å². The maximum Gasteiger partial charge on any atom is 0.258 e. The molecule has 0 bridgehead atoms. The average Bonchev–Trinajstić information content (AvgIpc) is 2.84. The van der Waals surface area contributed by atoms with Crippen molar-refractivity contribution in [2.45, 2.75) is 32.7 Å². The molecule has 21 heavy (non-hydrogen) atoms. The van der Waals surface area contributed by atoms with E-state index in [1.54, 1.807) is 18.2 Å². The van der Waals surface area contributed by atoms with Crippen LogP contribution in [0.2, 0.25) is 5.02 Å². The lowest BCUT2D eigenvalue weighted by Gasteiger charge is -2.11. The van der Waals surface area contributed by atoms with Crippen molar-refractivity contribution in [1.82, 2.24) is 15.3 Å². The number of benzene rings is 1. The average molecular weight is 306 g/mol. The Labute approximate surface area is 128 Å². The SMILES string of the molecule is CC1CCC(CNCc2nc3cc(Cl)ccc3c(=O)[nH]2)C1. The van der Waals surface area contributed by atoms with Gasteiger partial charge in [-0.2, -0.15) is 0 Å². The topological polar surface area (TPSA) is 57.8 Å². The molecule has 1 aliphatic rings. The maximum absolute atomic E-state index is 12.0. The quantitative estimate of drug-likeness (QED) is 0.912. The minimum Gasteiger partial charge on any atom is -0.310 e. The molecule has 1 saturated carbocycles. The molecule has 1 aromatic heterocycles. The third-order valence-electron chi connectivity index (χ3n) is 4.25. The molecule has 5 heteroatoms. The Kier molecular flexibility index (Phi) is 4.27.